The van der Waals surface area contributed by atoms with Crippen molar-refractivity contribution in [2.75, 3.05) is 18.4 Å². The van der Waals surface area contributed by atoms with Gasteiger partial charge in [-0.05, 0) is 6.42 Å². The monoisotopic (exact) mass is 275 g/mol. The number of anilines is 1. The van der Waals surface area contributed by atoms with Gasteiger partial charge in [-0.15, -0.1) is 0 Å². The van der Waals surface area contributed by atoms with Crippen molar-refractivity contribution >= 4 is 11.5 Å². The van der Waals surface area contributed by atoms with E-state index in [2.05, 4.69) is 50.2 Å². The maximum Gasteiger partial charge on any atom is 0.157 e. The minimum atomic E-state index is 0.0176. The fourth-order valence-corrected chi connectivity index (χ4v) is 2.10. The molecule has 0 bridgehead atoms. The van der Waals surface area contributed by atoms with Gasteiger partial charge < -0.3 is 11.1 Å². The van der Waals surface area contributed by atoms with Crippen molar-refractivity contribution in [3.05, 3.63) is 23.5 Å². The average molecular weight is 275 g/mol. The molecule has 0 radical (unpaired) electrons. The van der Waals surface area contributed by atoms with Crippen LogP contribution in [0, 0.1) is 0 Å². The number of aryl methyl sites for hydroxylation is 1. The summed E-state index contributed by atoms with van der Waals surface area (Å²) in [5, 5.41) is 8.03. The molecule has 2 aromatic rings. The maximum absolute atomic E-state index is 5.58. The van der Waals surface area contributed by atoms with E-state index in [0.29, 0.717) is 6.54 Å². The lowest BCUT2D eigenvalue weighted by molar-refractivity contribution is 0.563. The van der Waals surface area contributed by atoms with Crippen molar-refractivity contribution in [3.8, 4) is 0 Å². The molecular formula is C15H25N5. The quantitative estimate of drug-likeness (QED) is 0.879. The molecule has 110 valence electrons. The molecule has 3 N–H and O–H groups in total. The van der Waals surface area contributed by atoms with E-state index in [1.54, 1.807) is 0 Å². The van der Waals surface area contributed by atoms with Gasteiger partial charge in [0.2, 0.25) is 0 Å². The van der Waals surface area contributed by atoms with E-state index in [0.717, 1.165) is 42.2 Å². The summed E-state index contributed by atoms with van der Waals surface area (Å²) in [5.74, 6) is 0.972. The highest BCUT2D eigenvalue weighted by molar-refractivity contribution is 5.51. The number of nitrogens with one attached hydrogen (secondary N) is 1. The Bertz CT molecular complexity index is 580. The molecule has 0 atom stereocenters. The van der Waals surface area contributed by atoms with Crippen LogP contribution in [0.3, 0.4) is 0 Å². The fraction of sp³-hybridized carbons (Fsp3) is 0.600. The molecule has 0 aromatic carbocycles. The molecule has 5 nitrogen and oxygen atoms in total. The predicted octanol–water partition coefficient (Wildman–Crippen LogP) is 2.35. The number of rotatable bonds is 5. The van der Waals surface area contributed by atoms with E-state index in [1.165, 1.54) is 0 Å². The van der Waals surface area contributed by atoms with Crippen LogP contribution in [0.4, 0.5) is 5.82 Å². The van der Waals surface area contributed by atoms with Crippen LogP contribution < -0.4 is 11.1 Å². The molecule has 0 aliphatic heterocycles. The van der Waals surface area contributed by atoms with Crippen molar-refractivity contribution in [1.82, 2.24) is 14.6 Å². The van der Waals surface area contributed by atoms with Crippen molar-refractivity contribution in [2.45, 2.75) is 46.0 Å². The first-order chi connectivity index (χ1) is 9.45. The molecule has 0 aliphatic rings. The van der Waals surface area contributed by atoms with Crippen LogP contribution in [0.15, 0.2) is 12.1 Å². The summed E-state index contributed by atoms with van der Waals surface area (Å²) >= 11 is 0. The molecule has 20 heavy (non-hydrogen) atoms. The Kier molecular flexibility index (Phi) is 4.28. The summed E-state index contributed by atoms with van der Waals surface area (Å²) in [6.45, 7) is 9.98. The first-order valence-corrected chi connectivity index (χ1v) is 7.30. The van der Waals surface area contributed by atoms with Crippen molar-refractivity contribution in [1.29, 1.82) is 0 Å². The maximum atomic E-state index is 5.58. The predicted molar refractivity (Wildman–Crippen MR) is 83.2 cm³/mol. The lowest BCUT2D eigenvalue weighted by Gasteiger charge is -2.13. The molecule has 0 spiro atoms. The summed E-state index contributed by atoms with van der Waals surface area (Å²) in [5.41, 5.74) is 8.65. The molecule has 0 saturated heterocycles. The third-order valence-corrected chi connectivity index (χ3v) is 3.21. The van der Waals surface area contributed by atoms with Gasteiger partial charge in [0.05, 0.1) is 5.69 Å². The lowest BCUT2D eigenvalue weighted by Crippen LogP contribution is -2.16. The second-order valence-corrected chi connectivity index (χ2v) is 6.15. The van der Waals surface area contributed by atoms with E-state index >= 15 is 0 Å². The molecular weight excluding hydrogens is 250 g/mol. The minimum Gasteiger partial charge on any atom is -0.369 e. The SMILES string of the molecule is CCCc1cc(NCCN)n2nc(C(C)(C)C)cc2n1. The summed E-state index contributed by atoms with van der Waals surface area (Å²) < 4.78 is 1.88. The largest absolute Gasteiger partial charge is 0.369 e. The topological polar surface area (TPSA) is 68.2 Å². The average Bonchev–Trinajstić information content (AvgIpc) is 2.80. The van der Waals surface area contributed by atoms with Gasteiger partial charge in [-0.3, -0.25) is 0 Å². The van der Waals surface area contributed by atoms with Gasteiger partial charge in [-0.2, -0.15) is 9.61 Å². The number of nitrogens with zero attached hydrogens (tertiary/aromatic N) is 3. The molecule has 0 fully saturated rings. The van der Waals surface area contributed by atoms with E-state index in [1.807, 2.05) is 4.52 Å². The normalized spacial score (nSPS) is 12.1. The molecule has 5 heteroatoms. The van der Waals surface area contributed by atoms with Gasteiger partial charge >= 0.3 is 0 Å². The highest BCUT2D eigenvalue weighted by atomic mass is 15.3. The summed E-state index contributed by atoms with van der Waals surface area (Å²) in [6, 6.07) is 4.15. The van der Waals surface area contributed by atoms with E-state index in [9.17, 15) is 0 Å². The van der Waals surface area contributed by atoms with Crippen molar-refractivity contribution in [3.63, 3.8) is 0 Å². The zero-order chi connectivity index (χ0) is 14.8. The van der Waals surface area contributed by atoms with Crippen LogP contribution in [0.5, 0.6) is 0 Å². The molecule has 0 unspecified atom stereocenters. The molecule has 0 saturated carbocycles. The lowest BCUT2D eigenvalue weighted by atomic mass is 9.93. The number of nitrogens with two attached hydrogens (primary N) is 1. The Morgan fingerprint density at radius 1 is 1.30 bits per heavy atom. The smallest absolute Gasteiger partial charge is 0.157 e. The number of hydrogen-bond donors (Lipinski definition) is 2. The summed E-state index contributed by atoms with van der Waals surface area (Å²) in [7, 11) is 0. The van der Waals surface area contributed by atoms with Crippen molar-refractivity contribution < 1.29 is 0 Å². The van der Waals surface area contributed by atoms with Crippen LogP contribution in [0.2, 0.25) is 0 Å². The first-order valence-electron chi connectivity index (χ1n) is 7.30. The second kappa shape index (κ2) is 5.79. The van der Waals surface area contributed by atoms with Gasteiger partial charge in [0.1, 0.15) is 5.82 Å². The van der Waals surface area contributed by atoms with Crippen LogP contribution in [-0.2, 0) is 11.8 Å². The molecule has 2 heterocycles. The summed E-state index contributed by atoms with van der Waals surface area (Å²) in [6.07, 6.45) is 2.06. The van der Waals surface area contributed by atoms with Crippen LogP contribution in [0.25, 0.3) is 5.65 Å². The Morgan fingerprint density at radius 3 is 2.65 bits per heavy atom. The third-order valence-electron chi connectivity index (χ3n) is 3.21. The Balaban J connectivity index is 2.51. The first kappa shape index (κ1) is 14.8. The van der Waals surface area contributed by atoms with Crippen LogP contribution >= 0.6 is 0 Å². The van der Waals surface area contributed by atoms with Gasteiger partial charge in [-0.1, -0.05) is 34.1 Å². The minimum absolute atomic E-state index is 0.0176. The standard InChI is InChI=1S/C15H25N5/c1-5-6-11-9-13(17-8-7-16)20-14(18-11)10-12(19-20)15(2,3)4/h9-10,17H,5-8,16H2,1-4H3. The number of fused-ring (bicyclic) bond motifs is 1. The van der Waals surface area contributed by atoms with Crippen LogP contribution in [-0.4, -0.2) is 27.7 Å². The highest BCUT2D eigenvalue weighted by Crippen LogP contribution is 2.23. The van der Waals surface area contributed by atoms with Gasteiger partial charge in [0.15, 0.2) is 5.65 Å². The number of hydrogen-bond acceptors (Lipinski definition) is 4. The van der Waals surface area contributed by atoms with E-state index in [-0.39, 0.29) is 5.41 Å². The molecule has 0 aliphatic carbocycles. The van der Waals surface area contributed by atoms with E-state index in [4.69, 9.17) is 10.7 Å². The fourth-order valence-electron chi connectivity index (χ4n) is 2.10. The van der Waals surface area contributed by atoms with E-state index < -0.39 is 0 Å². The van der Waals surface area contributed by atoms with Gasteiger partial charge in [-0.25, -0.2) is 4.98 Å². The van der Waals surface area contributed by atoms with Gasteiger partial charge in [0.25, 0.3) is 0 Å². The molecule has 2 aromatic heterocycles. The number of aromatic nitrogens is 3. The highest BCUT2D eigenvalue weighted by Gasteiger charge is 2.19. The van der Waals surface area contributed by atoms with Crippen LogP contribution in [0.1, 0.15) is 45.5 Å². The second-order valence-electron chi connectivity index (χ2n) is 6.15. The molecule has 2 rings (SSSR count). The van der Waals surface area contributed by atoms with Gasteiger partial charge in [0, 0.05) is 36.3 Å². The molecule has 0 amide bonds. The zero-order valence-corrected chi connectivity index (χ0v) is 12.9. The Morgan fingerprint density at radius 2 is 2.05 bits per heavy atom. The summed E-state index contributed by atoms with van der Waals surface area (Å²) in [4.78, 5) is 4.70. The third kappa shape index (κ3) is 3.10. The zero-order valence-electron chi connectivity index (χ0n) is 12.9. The Labute approximate surface area is 120 Å². The Hall–Kier alpha value is -1.62. The van der Waals surface area contributed by atoms with Crippen molar-refractivity contribution in [2.24, 2.45) is 5.73 Å².